The van der Waals surface area contributed by atoms with Gasteiger partial charge < -0.3 is 9.42 Å². The van der Waals surface area contributed by atoms with Crippen LogP contribution in [0, 0.1) is 0 Å². The normalized spacial score (nSPS) is 15.2. The summed E-state index contributed by atoms with van der Waals surface area (Å²) < 4.78 is 16.4. The van der Waals surface area contributed by atoms with Crippen LogP contribution in [-0.2, 0) is 4.57 Å². The van der Waals surface area contributed by atoms with Gasteiger partial charge in [-0.3, -0.25) is 0 Å². The Morgan fingerprint density at radius 2 is 2.46 bits per heavy atom. The van der Waals surface area contributed by atoms with E-state index < -0.39 is 7.60 Å². The first-order valence-corrected chi connectivity index (χ1v) is 6.83. The van der Waals surface area contributed by atoms with Gasteiger partial charge in [-0.25, -0.2) is 4.57 Å². The van der Waals surface area contributed by atoms with Crippen molar-refractivity contribution in [2.24, 2.45) is 0 Å². The second-order valence-electron chi connectivity index (χ2n) is 2.74. The van der Waals surface area contributed by atoms with Crippen LogP contribution in [0.1, 0.15) is 19.8 Å². The summed E-state index contributed by atoms with van der Waals surface area (Å²) in [7, 11) is -3.39. The molecule has 0 fully saturated rings. The van der Waals surface area contributed by atoms with Crippen molar-refractivity contribution in [3.8, 4) is 5.06 Å². The molecule has 13 heavy (non-hydrogen) atoms. The van der Waals surface area contributed by atoms with Gasteiger partial charge in [0, 0.05) is 0 Å². The summed E-state index contributed by atoms with van der Waals surface area (Å²) in [6.45, 7) is 1.98. The van der Waals surface area contributed by atoms with Crippen LogP contribution in [0.15, 0.2) is 17.5 Å². The molecule has 0 aromatic carbocycles. The number of hydrogen-bond acceptors (Lipinski definition) is 3. The molecule has 1 unspecified atom stereocenters. The van der Waals surface area contributed by atoms with Gasteiger partial charge in [-0.05, 0) is 23.9 Å². The molecule has 1 rings (SSSR count). The molecule has 0 amide bonds. The van der Waals surface area contributed by atoms with Crippen LogP contribution in [0.25, 0.3) is 0 Å². The molecule has 1 heterocycles. The maximum Gasteiger partial charge on any atom is 0.377 e. The molecule has 74 valence electrons. The Bertz CT molecular complexity index is 284. The summed E-state index contributed by atoms with van der Waals surface area (Å²) in [6, 6.07) is 3.49. The topological polar surface area (TPSA) is 46.5 Å². The quantitative estimate of drug-likeness (QED) is 0.775. The Morgan fingerprint density at radius 3 is 3.00 bits per heavy atom. The molecule has 1 aromatic rings. The van der Waals surface area contributed by atoms with Gasteiger partial charge in [0.2, 0.25) is 0 Å². The molecular formula is C8H13O3PS. The minimum atomic E-state index is -3.39. The minimum absolute atomic E-state index is 0.237. The Hall–Kier alpha value is -0.310. The van der Waals surface area contributed by atoms with Crippen molar-refractivity contribution in [1.82, 2.24) is 0 Å². The van der Waals surface area contributed by atoms with E-state index in [4.69, 9.17) is 4.52 Å². The van der Waals surface area contributed by atoms with Gasteiger partial charge in [0.1, 0.15) is 0 Å². The highest BCUT2D eigenvalue weighted by Crippen LogP contribution is 2.44. The molecule has 0 bridgehead atoms. The summed E-state index contributed by atoms with van der Waals surface area (Å²) >= 11 is 1.33. The van der Waals surface area contributed by atoms with Crippen molar-refractivity contribution < 1.29 is 14.0 Å². The summed E-state index contributed by atoms with van der Waals surface area (Å²) in [6.07, 6.45) is 1.86. The molecule has 0 radical (unpaired) electrons. The molecule has 1 atom stereocenters. The Kier molecular flexibility index (Phi) is 3.97. The number of hydrogen-bond donors (Lipinski definition) is 1. The lowest BCUT2D eigenvalue weighted by Crippen LogP contribution is -1.95. The van der Waals surface area contributed by atoms with Gasteiger partial charge in [0.25, 0.3) is 0 Å². The Morgan fingerprint density at radius 1 is 1.69 bits per heavy atom. The van der Waals surface area contributed by atoms with Gasteiger partial charge in [0.05, 0.1) is 6.16 Å². The molecule has 0 aliphatic carbocycles. The van der Waals surface area contributed by atoms with Gasteiger partial charge in [0.15, 0.2) is 5.06 Å². The average molecular weight is 220 g/mol. The minimum Gasteiger partial charge on any atom is -0.414 e. The lowest BCUT2D eigenvalue weighted by molar-refractivity contribution is 0.382. The van der Waals surface area contributed by atoms with E-state index in [9.17, 15) is 9.46 Å². The zero-order valence-electron chi connectivity index (χ0n) is 7.47. The molecule has 3 nitrogen and oxygen atoms in total. The number of unbranched alkanes of at least 4 members (excludes halogenated alkanes) is 1. The van der Waals surface area contributed by atoms with Crippen LogP contribution >= 0.6 is 18.9 Å². The Balaban J connectivity index is 2.47. The van der Waals surface area contributed by atoms with E-state index in [1.54, 1.807) is 12.1 Å². The first kappa shape index (κ1) is 10.8. The average Bonchev–Trinajstić information content (AvgIpc) is 2.52. The summed E-state index contributed by atoms with van der Waals surface area (Å²) in [4.78, 5) is 9.36. The van der Waals surface area contributed by atoms with E-state index in [1.807, 2.05) is 12.3 Å². The fourth-order valence-corrected chi connectivity index (χ4v) is 2.98. The van der Waals surface area contributed by atoms with Crippen molar-refractivity contribution in [2.75, 3.05) is 6.16 Å². The number of rotatable bonds is 5. The maximum atomic E-state index is 11.4. The van der Waals surface area contributed by atoms with Crippen LogP contribution < -0.4 is 4.52 Å². The third-order valence-electron chi connectivity index (χ3n) is 1.52. The summed E-state index contributed by atoms with van der Waals surface area (Å²) in [5.74, 6) is 0. The van der Waals surface area contributed by atoms with Crippen molar-refractivity contribution in [3.05, 3.63) is 17.5 Å². The highest BCUT2D eigenvalue weighted by molar-refractivity contribution is 7.53. The van der Waals surface area contributed by atoms with E-state index in [0.717, 1.165) is 12.8 Å². The first-order chi connectivity index (χ1) is 6.14. The molecule has 0 saturated heterocycles. The third-order valence-corrected chi connectivity index (χ3v) is 3.75. The molecule has 1 aromatic heterocycles. The first-order valence-electron chi connectivity index (χ1n) is 4.19. The largest absolute Gasteiger partial charge is 0.414 e. The van der Waals surface area contributed by atoms with Crippen LogP contribution in [0.2, 0.25) is 0 Å². The maximum absolute atomic E-state index is 11.4. The highest BCUT2D eigenvalue weighted by atomic mass is 32.1. The Labute approximate surface area is 81.9 Å². The van der Waals surface area contributed by atoms with Crippen molar-refractivity contribution in [1.29, 1.82) is 0 Å². The molecular weight excluding hydrogens is 207 g/mol. The van der Waals surface area contributed by atoms with Crippen molar-refractivity contribution in [2.45, 2.75) is 19.8 Å². The van der Waals surface area contributed by atoms with E-state index in [0.29, 0.717) is 5.06 Å². The zero-order valence-corrected chi connectivity index (χ0v) is 9.18. The predicted molar refractivity (Wildman–Crippen MR) is 54.5 cm³/mol. The van der Waals surface area contributed by atoms with Gasteiger partial charge in [-0.1, -0.05) is 13.3 Å². The highest BCUT2D eigenvalue weighted by Gasteiger charge is 2.19. The summed E-state index contributed by atoms with van der Waals surface area (Å²) in [5, 5.41) is 2.33. The smallest absolute Gasteiger partial charge is 0.377 e. The van der Waals surface area contributed by atoms with E-state index in [-0.39, 0.29) is 6.16 Å². The molecule has 0 saturated carbocycles. The van der Waals surface area contributed by atoms with Gasteiger partial charge in [-0.2, -0.15) is 0 Å². The molecule has 0 spiro atoms. The second-order valence-corrected chi connectivity index (χ2v) is 5.55. The van der Waals surface area contributed by atoms with Crippen molar-refractivity contribution in [3.63, 3.8) is 0 Å². The van der Waals surface area contributed by atoms with E-state index in [2.05, 4.69) is 0 Å². The third kappa shape index (κ3) is 3.94. The van der Waals surface area contributed by atoms with Gasteiger partial charge >= 0.3 is 7.60 Å². The van der Waals surface area contributed by atoms with E-state index in [1.165, 1.54) is 11.3 Å². The SMILES string of the molecule is CCCCP(=O)(O)Oc1cccs1. The molecule has 0 aliphatic rings. The lowest BCUT2D eigenvalue weighted by Gasteiger charge is -2.10. The molecule has 0 aliphatic heterocycles. The second kappa shape index (κ2) is 4.80. The van der Waals surface area contributed by atoms with Crippen molar-refractivity contribution >= 4 is 18.9 Å². The number of thiophene rings is 1. The predicted octanol–water partition coefficient (Wildman–Crippen LogP) is 3.11. The van der Waals surface area contributed by atoms with Crippen LogP contribution in [0.5, 0.6) is 5.06 Å². The summed E-state index contributed by atoms with van der Waals surface area (Å²) in [5.41, 5.74) is 0. The lowest BCUT2D eigenvalue weighted by atomic mass is 10.4. The van der Waals surface area contributed by atoms with E-state index >= 15 is 0 Å². The molecule has 1 N–H and O–H groups in total. The van der Waals surface area contributed by atoms with Crippen LogP contribution in [0.4, 0.5) is 0 Å². The van der Waals surface area contributed by atoms with Gasteiger partial charge in [-0.15, -0.1) is 11.3 Å². The zero-order chi connectivity index (χ0) is 9.73. The molecule has 5 heteroatoms. The monoisotopic (exact) mass is 220 g/mol. The van der Waals surface area contributed by atoms with Crippen LogP contribution in [0.3, 0.4) is 0 Å². The van der Waals surface area contributed by atoms with Crippen LogP contribution in [-0.4, -0.2) is 11.1 Å². The fourth-order valence-electron chi connectivity index (χ4n) is 0.860. The standard InChI is InChI=1S/C8H13O3PS/c1-2-3-6-12(9,10)11-8-5-4-7-13-8/h4-5,7H,2-3,6H2,1H3,(H,9,10). The fraction of sp³-hybridized carbons (Fsp3) is 0.500.